The number of fused-ring (bicyclic) bond motifs is 1. The number of nitrogens with zero attached hydrogens (tertiary/aromatic N) is 2. The van der Waals surface area contributed by atoms with Crippen LogP contribution in [0.4, 0.5) is 5.69 Å². The van der Waals surface area contributed by atoms with E-state index in [0.717, 1.165) is 4.90 Å². The van der Waals surface area contributed by atoms with Crippen LogP contribution < -0.4 is 0 Å². The Morgan fingerprint density at radius 1 is 1.37 bits per heavy atom. The van der Waals surface area contributed by atoms with E-state index in [4.69, 9.17) is 0 Å². The van der Waals surface area contributed by atoms with Crippen molar-refractivity contribution in [1.82, 2.24) is 4.90 Å². The first kappa shape index (κ1) is 13.2. The van der Waals surface area contributed by atoms with E-state index in [-0.39, 0.29) is 23.4 Å². The van der Waals surface area contributed by atoms with E-state index in [9.17, 15) is 24.8 Å². The molecule has 7 nitrogen and oxygen atoms in total. The SMILES string of the molecule is CCC(CO)N1C(=O)c2cccc([N+](=O)[O-])c2C1=O. The molecule has 0 aromatic heterocycles. The first-order chi connectivity index (χ1) is 9.02. The maximum Gasteiger partial charge on any atom is 0.282 e. The number of carbonyl (C=O) groups excluding carboxylic acids is 2. The van der Waals surface area contributed by atoms with E-state index in [1.807, 2.05) is 0 Å². The summed E-state index contributed by atoms with van der Waals surface area (Å²) < 4.78 is 0. The van der Waals surface area contributed by atoms with Crippen molar-refractivity contribution < 1.29 is 19.6 Å². The van der Waals surface area contributed by atoms with Crippen LogP contribution in [0.2, 0.25) is 0 Å². The predicted molar refractivity (Wildman–Crippen MR) is 64.8 cm³/mol. The molecule has 1 aromatic carbocycles. The van der Waals surface area contributed by atoms with Crippen LogP contribution in [0, 0.1) is 10.1 Å². The number of hydrogen-bond acceptors (Lipinski definition) is 5. The average Bonchev–Trinajstić information content (AvgIpc) is 2.65. The molecule has 0 radical (unpaired) electrons. The van der Waals surface area contributed by atoms with Gasteiger partial charge in [0.15, 0.2) is 0 Å². The molecule has 2 rings (SSSR count). The molecule has 7 heteroatoms. The summed E-state index contributed by atoms with van der Waals surface area (Å²) in [6, 6.07) is 3.28. The number of rotatable bonds is 4. The topological polar surface area (TPSA) is 101 Å². The molecule has 0 fully saturated rings. The summed E-state index contributed by atoms with van der Waals surface area (Å²) in [4.78, 5) is 35.4. The predicted octanol–water partition coefficient (Wildman–Crippen LogP) is 0.962. The number of aliphatic hydroxyl groups excluding tert-OH is 1. The van der Waals surface area contributed by atoms with E-state index in [1.165, 1.54) is 18.2 Å². The van der Waals surface area contributed by atoms with Crippen molar-refractivity contribution in [2.24, 2.45) is 0 Å². The smallest absolute Gasteiger partial charge is 0.282 e. The first-order valence-corrected chi connectivity index (χ1v) is 5.79. The second-order valence-corrected chi connectivity index (χ2v) is 4.18. The summed E-state index contributed by atoms with van der Waals surface area (Å²) in [5, 5.41) is 20.1. The van der Waals surface area contributed by atoms with Crippen molar-refractivity contribution >= 4 is 17.5 Å². The molecule has 100 valence electrons. The Morgan fingerprint density at radius 2 is 2.05 bits per heavy atom. The van der Waals surface area contributed by atoms with Gasteiger partial charge in [-0.2, -0.15) is 0 Å². The van der Waals surface area contributed by atoms with Gasteiger partial charge in [-0.1, -0.05) is 13.0 Å². The number of carbonyl (C=O) groups is 2. The van der Waals surface area contributed by atoms with Crippen molar-refractivity contribution in [2.75, 3.05) is 6.61 Å². The summed E-state index contributed by atoms with van der Waals surface area (Å²) in [5.74, 6) is -1.31. The quantitative estimate of drug-likeness (QED) is 0.496. The van der Waals surface area contributed by atoms with Gasteiger partial charge in [-0.05, 0) is 12.5 Å². The Morgan fingerprint density at radius 3 is 2.58 bits per heavy atom. The fourth-order valence-corrected chi connectivity index (χ4v) is 2.16. The number of aliphatic hydroxyl groups is 1. The minimum atomic E-state index is -0.715. The van der Waals surface area contributed by atoms with E-state index in [1.54, 1.807) is 6.92 Å². The van der Waals surface area contributed by atoms with E-state index < -0.39 is 22.8 Å². The van der Waals surface area contributed by atoms with Gasteiger partial charge in [0, 0.05) is 6.07 Å². The maximum absolute atomic E-state index is 12.2. The van der Waals surface area contributed by atoms with Gasteiger partial charge >= 0.3 is 0 Å². The molecule has 0 saturated heterocycles. The lowest BCUT2D eigenvalue weighted by atomic mass is 10.1. The molecule has 0 spiro atoms. The van der Waals surface area contributed by atoms with Crippen molar-refractivity contribution in [3.05, 3.63) is 39.4 Å². The molecule has 1 aromatic rings. The highest BCUT2D eigenvalue weighted by Crippen LogP contribution is 2.32. The fourth-order valence-electron chi connectivity index (χ4n) is 2.16. The standard InChI is InChI=1S/C12H12N2O5/c1-2-7(6-15)13-11(16)8-4-3-5-9(14(18)19)10(8)12(13)17/h3-5,7,15H,2,6H2,1H3. The highest BCUT2D eigenvalue weighted by atomic mass is 16.6. The van der Waals surface area contributed by atoms with Gasteiger partial charge in [-0.3, -0.25) is 24.6 Å². The van der Waals surface area contributed by atoms with Gasteiger partial charge < -0.3 is 5.11 Å². The zero-order valence-electron chi connectivity index (χ0n) is 10.2. The van der Waals surface area contributed by atoms with Crippen LogP contribution in [0.5, 0.6) is 0 Å². The van der Waals surface area contributed by atoms with Crippen molar-refractivity contribution in [2.45, 2.75) is 19.4 Å². The summed E-state index contributed by atoms with van der Waals surface area (Å²) in [7, 11) is 0. The van der Waals surface area contributed by atoms with Crippen LogP contribution in [-0.4, -0.2) is 39.4 Å². The highest BCUT2D eigenvalue weighted by Gasteiger charge is 2.43. The minimum absolute atomic E-state index is 0.0195. The molecule has 1 aliphatic heterocycles. The molecule has 1 atom stereocenters. The molecule has 0 saturated carbocycles. The third-order valence-electron chi connectivity index (χ3n) is 3.17. The maximum atomic E-state index is 12.2. The fraction of sp³-hybridized carbons (Fsp3) is 0.333. The Kier molecular flexibility index (Phi) is 3.30. The molecule has 1 unspecified atom stereocenters. The summed E-state index contributed by atoms with van der Waals surface area (Å²) in [6.07, 6.45) is 0.385. The van der Waals surface area contributed by atoms with Crippen LogP contribution in [0.15, 0.2) is 18.2 Å². The Hall–Kier alpha value is -2.28. The van der Waals surface area contributed by atoms with Gasteiger partial charge in [0.1, 0.15) is 5.56 Å². The van der Waals surface area contributed by atoms with Gasteiger partial charge in [-0.25, -0.2) is 0 Å². The number of nitro benzene ring substituents is 1. The van der Waals surface area contributed by atoms with Crippen LogP contribution in [-0.2, 0) is 0 Å². The lowest BCUT2D eigenvalue weighted by molar-refractivity contribution is -0.385. The van der Waals surface area contributed by atoms with Gasteiger partial charge in [0.05, 0.1) is 23.1 Å². The Labute approximate surface area is 108 Å². The molecular weight excluding hydrogens is 252 g/mol. The van der Waals surface area contributed by atoms with Gasteiger partial charge in [0.2, 0.25) is 0 Å². The summed E-state index contributed by atoms with van der Waals surface area (Å²) in [6.45, 7) is 1.36. The molecule has 0 aliphatic carbocycles. The number of nitro groups is 1. The third-order valence-corrected chi connectivity index (χ3v) is 3.17. The Balaban J connectivity index is 2.56. The minimum Gasteiger partial charge on any atom is -0.394 e. The second-order valence-electron chi connectivity index (χ2n) is 4.18. The molecule has 1 heterocycles. The molecule has 1 aliphatic rings. The van der Waals surface area contributed by atoms with Crippen LogP contribution in [0.1, 0.15) is 34.1 Å². The lowest BCUT2D eigenvalue weighted by Gasteiger charge is -2.22. The third kappa shape index (κ3) is 1.88. The van der Waals surface area contributed by atoms with Crippen molar-refractivity contribution in [3.63, 3.8) is 0 Å². The highest BCUT2D eigenvalue weighted by molar-refractivity contribution is 6.23. The van der Waals surface area contributed by atoms with Crippen molar-refractivity contribution in [3.8, 4) is 0 Å². The molecule has 19 heavy (non-hydrogen) atoms. The van der Waals surface area contributed by atoms with Crippen LogP contribution in [0.3, 0.4) is 0 Å². The van der Waals surface area contributed by atoms with E-state index in [2.05, 4.69) is 0 Å². The zero-order chi connectivity index (χ0) is 14.2. The molecule has 2 amide bonds. The number of hydrogen-bond donors (Lipinski definition) is 1. The second kappa shape index (κ2) is 4.77. The van der Waals surface area contributed by atoms with Crippen molar-refractivity contribution in [1.29, 1.82) is 0 Å². The van der Waals surface area contributed by atoms with Crippen LogP contribution in [0.25, 0.3) is 0 Å². The van der Waals surface area contributed by atoms with E-state index in [0.29, 0.717) is 6.42 Å². The lowest BCUT2D eigenvalue weighted by Crippen LogP contribution is -2.41. The molecule has 1 N–H and O–H groups in total. The monoisotopic (exact) mass is 264 g/mol. The Bertz CT molecular complexity index is 565. The summed E-state index contributed by atoms with van der Waals surface area (Å²) >= 11 is 0. The van der Waals surface area contributed by atoms with Gasteiger partial charge in [0.25, 0.3) is 17.5 Å². The zero-order valence-corrected chi connectivity index (χ0v) is 10.2. The normalized spacial score (nSPS) is 15.6. The average molecular weight is 264 g/mol. The molecule has 0 bridgehead atoms. The first-order valence-electron chi connectivity index (χ1n) is 5.79. The van der Waals surface area contributed by atoms with Gasteiger partial charge in [-0.15, -0.1) is 0 Å². The summed E-state index contributed by atoms with van der Waals surface area (Å²) in [5.41, 5.74) is -0.554. The number of benzene rings is 1. The number of imide groups is 1. The van der Waals surface area contributed by atoms with Crippen LogP contribution >= 0.6 is 0 Å². The number of amides is 2. The molecular formula is C12H12N2O5. The largest absolute Gasteiger partial charge is 0.394 e. The van der Waals surface area contributed by atoms with E-state index >= 15 is 0 Å².